The van der Waals surface area contributed by atoms with Crippen molar-refractivity contribution in [3.8, 4) is 17.2 Å². The molecule has 4 aromatic carbocycles. The van der Waals surface area contributed by atoms with Gasteiger partial charge in [0.05, 0.1) is 40.6 Å². The molecule has 0 radical (unpaired) electrons. The number of nitrogens with zero attached hydrogens (tertiary/aromatic N) is 2. The van der Waals surface area contributed by atoms with Crippen LogP contribution in [0, 0.1) is 5.82 Å². The summed E-state index contributed by atoms with van der Waals surface area (Å²) in [7, 11) is 1.50. The SMILES string of the molecule is CCOc1ccc([C@H]2C(C(=O)Nc3ccccc3)=C(C)N=c3s/c(=C\c4cc(Cl)c(OCc5ccc(F)cc5)c(OC)c4)c(=O)n32)cc1. The van der Waals surface area contributed by atoms with Crippen molar-refractivity contribution < 1.29 is 23.4 Å². The van der Waals surface area contributed by atoms with E-state index in [0.717, 1.165) is 11.1 Å². The third kappa shape index (κ3) is 6.90. The van der Waals surface area contributed by atoms with Gasteiger partial charge >= 0.3 is 0 Å². The van der Waals surface area contributed by atoms with Crippen LogP contribution in [0.4, 0.5) is 10.1 Å². The summed E-state index contributed by atoms with van der Waals surface area (Å²) in [5, 5.41) is 3.24. The number of carbonyl (C=O) groups excluding carboxylic acids is 1. The lowest BCUT2D eigenvalue weighted by molar-refractivity contribution is -0.113. The molecule has 1 atom stereocenters. The first-order valence-electron chi connectivity index (χ1n) is 15.1. The fourth-order valence-corrected chi connectivity index (χ4v) is 6.73. The smallest absolute Gasteiger partial charge is 0.271 e. The van der Waals surface area contributed by atoms with Gasteiger partial charge in [-0.1, -0.05) is 65.4 Å². The molecular formula is C37H31ClFN3O5S. The second-order valence-corrected chi connectivity index (χ2v) is 12.3. The first-order valence-corrected chi connectivity index (χ1v) is 16.3. The maximum Gasteiger partial charge on any atom is 0.271 e. The summed E-state index contributed by atoms with van der Waals surface area (Å²) < 4.78 is 32.4. The maximum atomic E-state index is 14.2. The van der Waals surface area contributed by atoms with E-state index in [1.807, 2.05) is 49.4 Å². The number of rotatable bonds is 10. The Kier molecular flexibility index (Phi) is 9.75. The van der Waals surface area contributed by atoms with Crippen molar-refractivity contribution in [2.75, 3.05) is 19.0 Å². The molecule has 11 heteroatoms. The van der Waals surface area contributed by atoms with Crippen LogP contribution in [0.2, 0.25) is 5.02 Å². The molecule has 0 saturated heterocycles. The van der Waals surface area contributed by atoms with Crippen LogP contribution in [-0.4, -0.2) is 24.2 Å². The summed E-state index contributed by atoms with van der Waals surface area (Å²) in [6.07, 6.45) is 1.71. The number of thiazole rings is 1. The quantitative estimate of drug-likeness (QED) is 0.178. The lowest BCUT2D eigenvalue weighted by Crippen LogP contribution is -2.40. The van der Waals surface area contributed by atoms with Gasteiger partial charge in [-0.05, 0) is 85.1 Å². The van der Waals surface area contributed by atoms with Gasteiger partial charge in [0.2, 0.25) is 0 Å². The van der Waals surface area contributed by atoms with E-state index in [1.54, 1.807) is 54.0 Å². The van der Waals surface area contributed by atoms with E-state index in [1.165, 1.54) is 30.6 Å². The van der Waals surface area contributed by atoms with Crippen molar-refractivity contribution in [3.05, 3.63) is 149 Å². The molecule has 244 valence electrons. The van der Waals surface area contributed by atoms with Crippen LogP contribution in [0.3, 0.4) is 0 Å². The minimum atomic E-state index is -0.747. The summed E-state index contributed by atoms with van der Waals surface area (Å²) in [5.41, 5.74) is 3.26. The Morgan fingerprint density at radius 3 is 2.46 bits per heavy atom. The van der Waals surface area contributed by atoms with Crippen LogP contribution in [0.1, 0.15) is 36.6 Å². The van der Waals surface area contributed by atoms with Crippen molar-refractivity contribution in [1.82, 2.24) is 4.57 Å². The summed E-state index contributed by atoms with van der Waals surface area (Å²) in [6, 6.07) is 25.1. The third-order valence-electron chi connectivity index (χ3n) is 7.65. The van der Waals surface area contributed by atoms with Crippen LogP contribution in [-0.2, 0) is 11.4 Å². The van der Waals surface area contributed by atoms with E-state index in [9.17, 15) is 14.0 Å². The molecule has 1 N–H and O–H groups in total. The second-order valence-electron chi connectivity index (χ2n) is 10.9. The zero-order valence-electron chi connectivity index (χ0n) is 26.3. The third-order valence-corrected chi connectivity index (χ3v) is 8.91. The molecule has 1 aliphatic heterocycles. The number of anilines is 1. The Morgan fingerprint density at radius 2 is 1.77 bits per heavy atom. The zero-order valence-corrected chi connectivity index (χ0v) is 27.9. The van der Waals surface area contributed by atoms with Crippen molar-refractivity contribution in [1.29, 1.82) is 0 Å². The highest BCUT2D eigenvalue weighted by atomic mass is 35.5. The molecular weight excluding hydrogens is 653 g/mol. The molecule has 0 unspecified atom stereocenters. The molecule has 8 nitrogen and oxygen atoms in total. The number of nitrogens with one attached hydrogen (secondary N) is 1. The topological polar surface area (TPSA) is 91.2 Å². The Hall–Kier alpha value is -5.19. The molecule has 5 aromatic rings. The minimum Gasteiger partial charge on any atom is -0.494 e. The molecule has 0 fully saturated rings. The largest absolute Gasteiger partial charge is 0.494 e. The van der Waals surface area contributed by atoms with Crippen LogP contribution in [0.25, 0.3) is 6.08 Å². The summed E-state index contributed by atoms with van der Waals surface area (Å²) >= 11 is 7.86. The van der Waals surface area contributed by atoms with Crippen molar-refractivity contribution in [2.45, 2.75) is 26.5 Å². The lowest BCUT2D eigenvalue weighted by Gasteiger charge is -2.25. The van der Waals surface area contributed by atoms with E-state index in [0.29, 0.717) is 55.7 Å². The number of halogens is 2. The first-order chi connectivity index (χ1) is 23.2. The number of hydrogen-bond donors (Lipinski definition) is 1. The van der Waals surface area contributed by atoms with Crippen LogP contribution < -0.4 is 34.4 Å². The van der Waals surface area contributed by atoms with Gasteiger partial charge in [-0.3, -0.25) is 14.2 Å². The van der Waals surface area contributed by atoms with Crippen LogP contribution in [0.5, 0.6) is 17.2 Å². The molecule has 1 aromatic heterocycles. The molecule has 0 bridgehead atoms. The Morgan fingerprint density at radius 1 is 1.04 bits per heavy atom. The Balaban J connectivity index is 1.40. The van der Waals surface area contributed by atoms with Gasteiger partial charge in [0.1, 0.15) is 18.2 Å². The molecule has 0 aliphatic carbocycles. The monoisotopic (exact) mass is 683 g/mol. The number of carbonyl (C=O) groups is 1. The minimum absolute atomic E-state index is 0.152. The van der Waals surface area contributed by atoms with Crippen molar-refractivity contribution in [3.63, 3.8) is 0 Å². The van der Waals surface area contributed by atoms with Crippen molar-refractivity contribution in [2.24, 2.45) is 4.99 Å². The van der Waals surface area contributed by atoms with Gasteiger partial charge in [0.15, 0.2) is 16.3 Å². The number of benzene rings is 4. The van der Waals surface area contributed by atoms with Gasteiger partial charge in [-0.25, -0.2) is 9.38 Å². The summed E-state index contributed by atoms with van der Waals surface area (Å²) in [4.78, 5) is 33.2. The van der Waals surface area contributed by atoms with Gasteiger partial charge in [-0.2, -0.15) is 0 Å². The molecule has 48 heavy (non-hydrogen) atoms. The number of amides is 1. The Bertz CT molecular complexity index is 2180. The number of allylic oxidation sites excluding steroid dienone is 1. The van der Waals surface area contributed by atoms with Crippen LogP contribution in [0.15, 0.2) is 112 Å². The number of methoxy groups -OCH3 is 1. The number of hydrogen-bond acceptors (Lipinski definition) is 7. The number of aromatic nitrogens is 1. The van der Waals surface area contributed by atoms with Gasteiger partial charge < -0.3 is 19.5 Å². The molecule has 6 rings (SSSR count). The molecule has 0 saturated carbocycles. The number of ether oxygens (including phenoxy) is 3. The lowest BCUT2D eigenvalue weighted by atomic mass is 9.95. The van der Waals surface area contributed by atoms with E-state index in [-0.39, 0.29) is 28.9 Å². The standard InChI is InChI=1S/C37H31ClFN3O5S/c1-4-46-28-16-12-25(13-17-28)33-32(35(43)41-27-8-6-5-7-9-27)22(2)40-37-42(33)36(44)31(48-37)20-24-18-29(38)34(30(19-24)45-3)47-21-23-10-14-26(39)15-11-23/h5-20,33H,4,21H2,1-3H3,(H,41,43)/b31-20-/t33-/m0/s1. The predicted octanol–water partition coefficient (Wildman–Crippen LogP) is 6.65. The van der Waals surface area contributed by atoms with E-state index >= 15 is 0 Å². The molecule has 1 aliphatic rings. The van der Waals surface area contributed by atoms with Crippen molar-refractivity contribution >= 4 is 40.6 Å². The van der Waals surface area contributed by atoms with E-state index < -0.39 is 6.04 Å². The fourth-order valence-electron chi connectivity index (χ4n) is 5.41. The summed E-state index contributed by atoms with van der Waals surface area (Å²) in [6.45, 7) is 4.34. The van der Waals surface area contributed by atoms with E-state index in [4.69, 9.17) is 30.8 Å². The van der Waals surface area contributed by atoms with Gasteiger partial charge in [0, 0.05) is 5.69 Å². The average Bonchev–Trinajstić information content (AvgIpc) is 3.38. The highest BCUT2D eigenvalue weighted by Gasteiger charge is 2.32. The molecule has 1 amide bonds. The van der Waals surface area contributed by atoms with Gasteiger partial charge in [0.25, 0.3) is 11.5 Å². The number of para-hydroxylation sites is 1. The molecule has 2 heterocycles. The predicted molar refractivity (Wildman–Crippen MR) is 185 cm³/mol. The fraction of sp³-hybridized carbons (Fsp3) is 0.162. The maximum absolute atomic E-state index is 14.2. The highest BCUT2D eigenvalue weighted by Crippen LogP contribution is 2.37. The summed E-state index contributed by atoms with van der Waals surface area (Å²) in [5.74, 6) is 0.675. The van der Waals surface area contributed by atoms with E-state index in [2.05, 4.69) is 5.32 Å². The highest BCUT2D eigenvalue weighted by molar-refractivity contribution is 7.07. The first kappa shape index (κ1) is 32.7. The van der Waals surface area contributed by atoms with Crippen LogP contribution >= 0.6 is 22.9 Å². The molecule has 0 spiro atoms. The van der Waals surface area contributed by atoms with Gasteiger partial charge in [-0.15, -0.1) is 0 Å². The normalized spacial score (nSPS) is 14.3. The average molecular weight is 684 g/mol. The second kappa shape index (κ2) is 14.3. The number of fused-ring (bicyclic) bond motifs is 1. The zero-order chi connectivity index (χ0) is 33.8. The Labute approximate surface area is 285 Å².